The van der Waals surface area contributed by atoms with Crippen LogP contribution in [0.1, 0.15) is 113 Å². The molecule has 4 aromatic rings. The van der Waals surface area contributed by atoms with E-state index in [1.165, 1.54) is 0 Å². The maximum absolute atomic E-state index is 12.5. The molecule has 4 heterocycles. The van der Waals surface area contributed by atoms with Crippen LogP contribution in [0.5, 0.6) is 0 Å². The van der Waals surface area contributed by atoms with E-state index in [0.29, 0.717) is 70.6 Å². The molecule has 71 heavy (non-hydrogen) atoms. The van der Waals surface area contributed by atoms with Gasteiger partial charge in [-0.05, 0) is 100 Å². The highest BCUT2D eigenvalue weighted by Crippen LogP contribution is 2.31. The zero-order chi connectivity index (χ0) is 52.4. The number of ether oxygens (including phenoxy) is 1. The van der Waals surface area contributed by atoms with Crippen molar-refractivity contribution in [1.82, 2.24) is 40.8 Å². The monoisotopic (exact) mass is 976 g/mol. The van der Waals surface area contributed by atoms with Crippen LogP contribution in [0.15, 0.2) is 42.5 Å². The van der Waals surface area contributed by atoms with Gasteiger partial charge in [-0.25, -0.2) is 4.79 Å². The lowest BCUT2D eigenvalue weighted by atomic mass is 9.96. The Bertz CT molecular complexity index is 2550. The molecule has 0 spiro atoms. The fourth-order valence-corrected chi connectivity index (χ4v) is 8.13. The Labute approximate surface area is 420 Å². The Kier molecular flexibility index (Phi) is 18.1. The van der Waals surface area contributed by atoms with Crippen molar-refractivity contribution in [3.05, 3.63) is 70.3 Å². The average Bonchev–Trinajstić information content (AvgIpc) is 3.98. The third-order valence-corrected chi connectivity index (χ3v) is 11.4. The molecule has 19 nitrogen and oxygen atoms in total. The Hall–Kier alpha value is -6.94. The molecule has 2 aliphatic heterocycles. The number of aryl methyl sites for hydroxylation is 2. The number of hydrogen-bond donors (Lipinski definition) is 7. The number of rotatable bonds is 14. The number of nitrogens with one attached hydrogen (secondary N) is 7. The zero-order valence-electron chi connectivity index (χ0n) is 44.6. The molecule has 2 fully saturated rings. The van der Waals surface area contributed by atoms with Gasteiger partial charge < -0.3 is 56.7 Å². The summed E-state index contributed by atoms with van der Waals surface area (Å²) in [5.41, 5.74) is 4.41. The van der Waals surface area contributed by atoms with Crippen molar-refractivity contribution >= 4 is 64.5 Å². The van der Waals surface area contributed by atoms with E-state index in [-0.39, 0.29) is 40.8 Å². The predicted molar refractivity (Wildman–Crippen MR) is 285 cm³/mol. The number of benzene rings is 2. The number of anilines is 8. The summed E-state index contributed by atoms with van der Waals surface area (Å²) in [5, 5.41) is 32.3. The van der Waals surface area contributed by atoms with Gasteiger partial charge in [-0.2, -0.15) is 25.2 Å². The minimum atomic E-state index is -0.532. The molecular weight excluding hydrogens is 899 g/mol. The Morgan fingerprint density at radius 2 is 1.27 bits per heavy atom. The summed E-state index contributed by atoms with van der Waals surface area (Å²) >= 11 is 0. The minimum absolute atomic E-state index is 0.0318. The molecular formula is C52H77N15O4. The minimum Gasteiger partial charge on any atom is -0.444 e. The summed E-state index contributed by atoms with van der Waals surface area (Å²) in [6.45, 7) is 26.9. The van der Waals surface area contributed by atoms with E-state index in [1.807, 2.05) is 82.8 Å². The molecule has 2 aromatic heterocycles. The summed E-state index contributed by atoms with van der Waals surface area (Å²) < 4.78 is 5.54. The lowest BCUT2D eigenvalue weighted by Gasteiger charge is -2.28. The Morgan fingerprint density at radius 1 is 0.732 bits per heavy atom. The van der Waals surface area contributed by atoms with Crippen LogP contribution >= 0.6 is 0 Å². The number of aromatic nitrogens is 4. The lowest BCUT2D eigenvalue weighted by Crippen LogP contribution is -2.36. The number of carbonyl (C=O) groups is 3. The maximum atomic E-state index is 12.5. The van der Waals surface area contributed by atoms with Gasteiger partial charge in [0.1, 0.15) is 28.9 Å². The van der Waals surface area contributed by atoms with E-state index in [1.54, 1.807) is 37.2 Å². The van der Waals surface area contributed by atoms with Gasteiger partial charge in [0.25, 0.3) is 11.8 Å². The summed E-state index contributed by atoms with van der Waals surface area (Å²) in [6, 6.07) is 15.3. The number of likely N-dealkylation sites (tertiary alicyclic amines) is 1. The molecule has 0 aliphatic carbocycles. The molecule has 6 rings (SSSR count). The summed E-state index contributed by atoms with van der Waals surface area (Å²) in [5.74, 6) is 2.97. The van der Waals surface area contributed by atoms with Crippen LogP contribution in [0.4, 0.5) is 51.3 Å². The first-order valence-corrected chi connectivity index (χ1v) is 24.3. The fraction of sp³-hybridized carbons (Fsp3) is 0.538. The highest BCUT2D eigenvalue weighted by molar-refractivity contribution is 5.96. The van der Waals surface area contributed by atoms with Gasteiger partial charge in [-0.1, -0.05) is 53.7 Å². The quantitative estimate of drug-likeness (QED) is 0.0639. The van der Waals surface area contributed by atoms with Gasteiger partial charge in [0.05, 0.1) is 0 Å². The van der Waals surface area contributed by atoms with Crippen molar-refractivity contribution in [1.29, 1.82) is 5.26 Å². The van der Waals surface area contributed by atoms with Gasteiger partial charge in [0.2, 0.25) is 11.9 Å². The summed E-state index contributed by atoms with van der Waals surface area (Å²) in [7, 11) is 7.14. The van der Waals surface area contributed by atoms with Crippen molar-refractivity contribution in [2.75, 3.05) is 98.5 Å². The van der Waals surface area contributed by atoms with Crippen molar-refractivity contribution in [3.63, 3.8) is 0 Å². The van der Waals surface area contributed by atoms with Crippen LogP contribution in [-0.2, 0) is 4.74 Å². The SMILES string of the molecule is CNC(=O)c1ccc(C)c(Nc2cc(NC3CCN(C(=O)OC(C)(C)C)C3)nc(N(C)CC(C)(C)C)n2)c1.CNC(=O)c1ccc(C)c(Nc2nc(N(C)CC(C)(C)C)nc(NC3CCNC3)c2C#N)c1. The second kappa shape index (κ2) is 23.3. The van der Waals surface area contributed by atoms with Gasteiger partial charge >= 0.3 is 6.09 Å². The van der Waals surface area contributed by atoms with Crippen molar-refractivity contribution in [2.24, 2.45) is 10.8 Å². The zero-order valence-corrected chi connectivity index (χ0v) is 44.6. The molecule has 2 saturated heterocycles. The number of amides is 3. The third-order valence-electron chi connectivity index (χ3n) is 11.4. The molecule has 2 atom stereocenters. The number of nitriles is 1. The highest BCUT2D eigenvalue weighted by Gasteiger charge is 2.31. The largest absolute Gasteiger partial charge is 0.444 e. The standard InChI is InChI=1S/C28H43N7O3.C24H34N8O/c1-18-10-11-19(24(36)29-8)14-21(18)31-23-15-22(32-25(33-23)34(9)17-27(2,3)4)30-20-12-13-35(16-20)26(37)38-28(5,6)7;1-15-7-8-16(22(33)26-5)11-19(15)29-21-18(12-25)20(28-17-9-10-27-13-17)30-23(31-21)32(6)14-24(2,3)4/h10-11,14-15,20H,12-13,16-17H2,1-9H3,(H,29,36)(H2,30,31,32,33);7-8,11,17,27H,9-10,13-14H2,1-6H3,(H,26,33)(H2,28,29,30,31). The summed E-state index contributed by atoms with van der Waals surface area (Å²) in [4.78, 5) is 61.6. The van der Waals surface area contributed by atoms with Crippen LogP contribution < -0.4 is 47.0 Å². The first-order valence-electron chi connectivity index (χ1n) is 24.3. The van der Waals surface area contributed by atoms with Crippen LogP contribution in [0.25, 0.3) is 0 Å². The van der Waals surface area contributed by atoms with E-state index in [0.717, 1.165) is 55.8 Å². The number of nitrogens with zero attached hydrogens (tertiary/aromatic N) is 8. The van der Waals surface area contributed by atoms with E-state index >= 15 is 0 Å². The van der Waals surface area contributed by atoms with Gasteiger partial charge in [-0.15, -0.1) is 0 Å². The molecule has 384 valence electrons. The van der Waals surface area contributed by atoms with Crippen LogP contribution in [0.3, 0.4) is 0 Å². The van der Waals surface area contributed by atoms with Crippen molar-refractivity contribution in [2.45, 2.75) is 107 Å². The highest BCUT2D eigenvalue weighted by atomic mass is 16.6. The molecule has 2 aliphatic rings. The number of hydrogen-bond acceptors (Lipinski definition) is 16. The van der Waals surface area contributed by atoms with Gasteiger partial charge in [0.15, 0.2) is 11.6 Å². The smallest absolute Gasteiger partial charge is 0.410 e. The molecule has 2 aromatic carbocycles. The molecule has 2 unspecified atom stereocenters. The second-order valence-electron chi connectivity index (χ2n) is 21.8. The topological polar surface area (TPSA) is 230 Å². The van der Waals surface area contributed by atoms with E-state index in [4.69, 9.17) is 24.7 Å². The van der Waals surface area contributed by atoms with Crippen LogP contribution in [-0.4, -0.2) is 128 Å². The van der Waals surface area contributed by atoms with E-state index in [9.17, 15) is 19.6 Å². The fourth-order valence-electron chi connectivity index (χ4n) is 8.13. The van der Waals surface area contributed by atoms with Crippen molar-refractivity contribution < 1.29 is 19.1 Å². The maximum Gasteiger partial charge on any atom is 0.410 e. The molecule has 0 radical (unpaired) electrons. The molecule has 3 amide bonds. The van der Waals surface area contributed by atoms with Gasteiger partial charge in [-0.3, -0.25) is 9.59 Å². The lowest BCUT2D eigenvalue weighted by molar-refractivity contribution is 0.0293. The number of carbonyl (C=O) groups excluding carboxylic acids is 3. The van der Waals surface area contributed by atoms with Gasteiger partial charge in [0, 0.05) is 102 Å². The Balaban J connectivity index is 0.000000267. The predicted octanol–water partition coefficient (Wildman–Crippen LogP) is 7.81. The van der Waals surface area contributed by atoms with E-state index in [2.05, 4.69) is 84.8 Å². The average molecular weight is 976 g/mol. The van der Waals surface area contributed by atoms with Crippen molar-refractivity contribution in [3.8, 4) is 6.07 Å². The second-order valence-corrected chi connectivity index (χ2v) is 21.8. The molecule has 19 heteroatoms. The summed E-state index contributed by atoms with van der Waals surface area (Å²) in [6.07, 6.45) is 1.44. The van der Waals surface area contributed by atoms with Crippen LogP contribution in [0, 0.1) is 36.0 Å². The Morgan fingerprint density at radius 3 is 1.77 bits per heavy atom. The van der Waals surface area contributed by atoms with E-state index < -0.39 is 5.60 Å². The first kappa shape index (κ1) is 55.0. The molecule has 0 saturated carbocycles. The third kappa shape index (κ3) is 16.3. The molecule has 0 bridgehead atoms. The molecule has 7 N–H and O–H groups in total. The first-order chi connectivity index (χ1) is 33.2. The normalized spacial score (nSPS) is 15.7. The van der Waals surface area contributed by atoms with Crippen LogP contribution in [0.2, 0.25) is 0 Å².